The molecule has 2 aromatic rings. The number of amidine groups is 1. The summed E-state index contributed by atoms with van der Waals surface area (Å²) in [6, 6.07) is 5.69. The highest BCUT2D eigenvalue weighted by molar-refractivity contribution is 5.95. The number of aryl methyl sites for hydroxylation is 1. The van der Waals surface area contributed by atoms with E-state index >= 15 is 0 Å². The van der Waals surface area contributed by atoms with Crippen LogP contribution in [0.2, 0.25) is 0 Å². The molecule has 9 nitrogen and oxygen atoms in total. The standard InChI is InChI=1S/C12H11N5O4/c1-7-2-3-9(17(19)20)10(6-7)21-12-14-5-4-8(15-12)11(13)16-18/h2-6,18H,1H3,(H2,13,16). The molecule has 0 aliphatic carbocycles. The molecule has 0 aliphatic heterocycles. The van der Waals surface area contributed by atoms with Crippen molar-refractivity contribution in [2.24, 2.45) is 10.9 Å². The molecule has 0 spiro atoms. The third-order valence-electron chi connectivity index (χ3n) is 2.52. The van der Waals surface area contributed by atoms with Gasteiger partial charge in [-0.3, -0.25) is 10.1 Å². The maximum Gasteiger partial charge on any atom is 0.322 e. The van der Waals surface area contributed by atoms with Gasteiger partial charge in [0.25, 0.3) is 0 Å². The van der Waals surface area contributed by atoms with Gasteiger partial charge in [0.15, 0.2) is 5.84 Å². The van der Waals surface area contributed by atoms with Gasteiger partial charge in [-0.1, -0.05) is 11.2 Å². The number of hydrogen-bond donors (Lipinski definition) is 2. The minimum absolute atomic E-state index is 0.0108. The first-order valence-corrected chi connectivity index (χ1v) is 5.75. The Balaban J connectivity index is 2.38. The zero-order valence-electron chi connectivity index (χ0n) is 10.9. The molecule has 3 N–H and O–H groups in total. The summed E-state index contributed by atoms with van der Waals surface area (Å²) in [7, 11) is 0. The van der Waals surface area contributed by atoms with E-state index in [1.807, 2.05) is 0 Å². The second-order valence-corrected chi connectivity index (χ2v) is 4.04. The van der Waals surface area contributed by atoms with Gasteiger partial charge < -0.3 is 15.7 Å². The lowest BCUT2D eigenvalue weighted by Crippen LogP contribution is -2.15. The zero-order valence-corrected chi connectivity index (χ0v) is 10.9. The van der Waals surface area contributed by atoms with E-state index in [1.54, 1.807) is 13.0 Å². The molecule has 21 heavy (non-hydrogen) atoms. The van der Waals surface area contributed by atoms with Crippen molar-refractivity contribution in [3.8, 4) is 11.8 Å². The summed E-state index contributed by atoms with van der Waals surface area (Å²) in [5, 5.41) is 22.4. The SMILES string of the molecule is Cc1ccc([N+](=O)[O-])c(Oc2nccc(/C(N)=N/O)n2)c1. The third kappa shape index (κ3) is 3.21. The molecule has 0 fully saturated rings. The van der Waals surface area contributed by atoms with Crippen molar-refractivity contribution < 1.29 is 14.9 Å². The Bertz CT molecular complexity index is 717. The second-order valence-electron chi connectivity index (χ2n) is 4.04. The number of nitrogens with zero attached hydrogens (tertiary/aromatic N) is 4. The number of ether oxygens (including phenoxy) is 1. The summed E-state index contributed by atoms with van der Waals surface area (Å²) in [4.78, 5) is 18.1. The minimum atomic E-state index is -0.567. The highest BCUT2D eigenvalue weighted by Crippen LogP contribution is 2.30. The summed E-state index contributed by atoms with van der Waals surface area (Å²) >= 11 is 0. The van der Waals surface area contributed by atoms with E-state index in [0.717, 1.165) is 5.56 Å². The molecule has 9 heteroatoms. The van der Waals surface area contributed by atoms with Gasteiger partial charge in [-0.05, 0) is 24.6 Å². The van der Waals surface area contributed by atoms with Crippen LogP contribution in [0.4, 0.5) is 5.69 Å². The van der Waals surface area contributed by atoms with E-state index < -0.39 is 4.92 Å². The lowest BCUT2D eigenvalue weighted by Gasteiger charge is -2.06. The third-order valence-corrected chi connectivity index (χ3v) is 2.52. The van der Waals surface area contributed by atoms with Crippen molar-refractivity contribution in [3.63, 3.8) is 0 Å². The molecule has 0 unspecified atom stereocenters. The Morgan fingerprint density at radius 1 is 1.48 bits per heavy atom. The molecule has 1 heterocycles. The molecular formula is C12H11N5O4. The summed E-state index contributed by atoms with van der Waals surface area (Å²) < 4.78 is 5.33. The number of rotatable bonds is 4. The van der Waals surface area contributed by atoms with Crippen molar-refractivity contribution in [1.82, 2.24) is 9.97 Å². The first-order valence-electron chi connectivity index (χ1n) is 5.75. The normalized spacial score (nSPS) is 11.2. The van der Waals surface area contributed by atoms with Gasteiger partial charge in [-0.25, -0.2) is 4.98 Å². The molecule has 1 aromatic carbocycles. The van der Waals surface area contributed by atoms with E-state index in [0.29, 0.717) is 0 Å². The van der Waals surface area contributed by atoms with Crippen LogP contribution in [0, 0.1) is 17.0 Å². The van der Waals surface area contributed by atoms with Gasteiger partial charge in [-0.15, -0.1) is 0 Å². The van der Waals surface area contributed by atoms with Crippen molar-refractivity contribution in [3.05, 3.63) is 51.8 Å². The van der Waals surface area contributed by atoms with Gasteiger partial charge >= 0.3 is 11.7 Å². The second kappa shape index (κ2) is 5.82. The monoisotopic (exact) mass is 289 g/mol. The Morgan fingerprint density at radius 3 is 2.90 bits per heavy atom. The lowest BCUT2D eigenvalue weighted by atomic mass is 10.2. The molecule has 0 radical (unpaired) electrons. The van der Waals surface area contributed by atoms with Crippen LogP contribution in [0.15, 0.2) is 35.6 Å². The topological polar surface area (TPSA) is 137 Å². The fourth-order valence-electron chi connectivity index (χ4n) is 1.54. The molecule has 0 amide bonds. The molecule has 0 atom stereocenters. The van der Waals surface area contributed by atoms with E-state index in [2.05, 4.69) is 15.1 Å². The molecule has 0 aliphatic rings. The van der Waals surface area contributed by atoms with Gasteiger partial charge in [-0.2, -0.15) is 4.98 Å². The van der Waals surface area contributed by atoms with Crippen molar-refractivity contribution in [1.29, 1.82) is 0 Å². The number of nitro groups is 1. The maximum absolute atomic E-state index is 11.0. The van der Waals surface area contributed by atoms with Gasteiger partial charge in [0.2, 0.25) is 5.75 Å². The first kappa shape index (κ1) is 14.2. The smallest absolute Gasteiger partial charge is 0.322 e. The average molecular weight is 289 g/mol. The maximum atomic E-state index is 11.0. The predicted octanol–water partition coefficient (Wildman–Crippen LogP) is 1.58. The van der Waals surface area contributed by atoms with E-state index in [1.165, 1.54) is 24.4 Å². The molecule has 0 saturated carbocycles. The lowest BCUT2D eigenvalue weighted by molar-refractivity contribution is -0.385. The zero-order chi connectivity index (χ0) is 15.4. The van der Waals surface area contributed by atoms with Crippen molar-refractivity contribution in [2.45, 2.75) is 6.92 Å². The molecule has 0 saturated heterocycles. The van der Waals surface area contributed by atoms with Crippen molar-refractivity contribution >= 4 is 11.5 Å². The largest absolute Gasteiger partial charge is 0.417 e. The Hall–Kier alpha value is -3.23. The van der Waals surface area contributed by atoms with E-state index in [9.17, 15) is 10.1 Å². The first-order chi connectivity index (χ1) is 10.0. The number of benzene rings is 1. The van der Waals surface area contributed by atoms with E-state index in [4.69, 9.17) is 15.7 Å². The Labute approximate surface area is 118 Å². The van der Waals surface area contributed by atoms with Crippen LogP contribution in [0.5, 0.6) is 11.8 Å². The quantitative estimate of drug-likeness (QED) is 0.286. The highest BCUT2D eigenvalue weighted by Gasteiger charge is 2.17. The predicted molar refractivity (Wildman–Crippen MR) is 72.5 cm³/mol. The molecular weight excluding hydrogens is 278 g/mol. The molecule has 0 bridgehead atoms. The Kier molecular flexibility index (Phi) is 3.93. The fraction of sp³-hybridized carbons (Fsp3) is 0.0833. The van der Waals surface area contributed by atoms with Crippen LogP contribution in [0.3, 0.4) is 0 Å². The van der Waals surface area contributed by atoms with Gasteiger partial charge in [0.05, 0.1) is 4.92 Å². The molecule has 108 valence electrons. The van der Waals surface area contributed by atoms with Crippen LogP contribution < -0.4 is 10.5 Å². The highest BCUT2D eigenvalue weighted by atomic mass is 16.6. The van der Waals surface area contributed by atoms with Crippen LogP contribution in [0.25, 0.3) is 0 Å². The van der Waals surface area contributed by atoms with E-state index in [-0.39, 0.29) is 29.0 Å². The average Bonchev–Trinajstić information content (AvgIpc) is 2.46. The Morgan fingerprint density at radius 2 is 2.24 bits per heavy atom. The van der Waals surface area contributed by atoms with Crippen LogP contribution in [0.1, 0.15) is 11.3 Å². The van der Waals surface area contributed by atoms with Crippen LogP contribution >= 0.6 is 0 Å². The van der Waals surface area contributed by atoms with Crippen molar-refractivity contribution in [2.75, 3.05) is 0 Å². The number of nitrogens with two attached hydrogens (primary N) is 1. The summed E-state index contributed by atoms with van der Waals surface area (Å²) in [6.07, 6.45) is 1.33. The molecule has 2 rings (SSSR count). The summed E-state index contributed by atoms with van der Waals surface area (Å²) in [5.74, 6) is -0.211. The van der Waals surface area contributed by atoms with Gasteiger partial charge in [0, 0.05) is 12.3 Å². The molecule has 1 aromatic heterocycles. The fourth-order valence-corrected chi connectivity index (χ4v) is 1.54. The number of oxime groups is 1. The van der Waals surface area contributed by atoms with Crippen LogP contribution in [-0.4, -0.2) is 25.9 Å². The minimum Gasteiger partial charge on any atom is -0.417 e. The number of hydrogen-bond acceptors (Lipinski definition) is 7. The summed E-state index contributed by atoms with van der Waals surface area (Å²) in [6.45, 7) is 1.77. The number of nitro benzene ring substituents is 1. The van der Waals surface area contributed by atoms with Gasteiger partial charge in [0.1, 0.15) is 5.69 Å². The van der Waals surface area contributed by atoms with Crippen LogP contribution in [-0.2, 0) is 0 Å². The number of aromatic nitrogens is 2. The summed E-state index contributed by atoms with van der Waals surface area (Å²) in [5.41, 5.74) is 6.11.